The lowest BCUT2D eigenvalue weighted by Gasteiger charge is -2.23. The number of hydrogen-bond donors (Lipinski definition) is 1. The Morgan fingerprint density at radius 2 is 2.00 bits per heavy atom. The lowest BCUT2D eigenvalue weighted by molar-refractivity contribution is -0.116. The highest BCUT2D eigenvalue weighted by atomic mass is 16.1. The first-order valence-electron chi connectivity index (χ1n) is 10.9. The summed E-state index contributed by atoms with van der Waals surface area (Å²) in [5, 5.41) is 7.74. The van der Waals surface area contributed by atoms with Gasteiger partial charge in [-0.1, -0.05) is 31.0 Å². The van der Waals surface area contributed by atoms with E-state index < -0.39 is 0 Å². The average Bonchev–Trinajstić information content (AvgIpc) is 3.49. The van der Waals surface area contributed by atoms with Crippen LogP contribution in [0.15, 0.2) is 67.1 Å². The number of amides is 1. The fourth-order valence-electron chi connectivity index (χ4n) is 4.06. The van der Waals surface area contributed by atoms with Gasteiger partial charge in [0, 0.05) is 54.9 Å². The number of nitrogens with one attached hydrogen (secondary N) is 1. The molecule has 0 saturated heterocycles. The molecule has 0 bridgehead atoms. The number of aromatic nitrogens is 3. The Hall–Kier alpha value is -3.25. The third kappa shape index (κ3) is 5.47. The summed E-state index contributed by atoms with van der Waals surface area (Å²) in [6, 6.07) is 14.5. The maximum absolute atomic E-state index is 12.4. The van der Waals surface area contributed by atoms with Crippen LogP contribution in [-0.2, 0) is 4.79 Å². The molecule has 4 rings (SSSR count). The van der Waals surface area contributed by atoms with Gasteiger partial charge < -0.3 is 10.2 Å². The van der Waals surface area contributed by atoms with Crippen molar-refractivity contribution in [2.45, 2.75) is 31.7 Å². The van der Waals surface area contributed by atoms with Crippen molar-refractivity contribution in [3.63, 3.8) is 0 Å². The second kappa shape index (κ2) is 10.2. The van der Waals surface area contributed by atoms with Crippen LogP contribution in [0.3, 0.4) is 0 Å². The van der Waals surface area contributed by atoms with Crippen LogP contribution in [0.5, 0.6) is 0 Å². The number of carbonyl (C=O) groups excluding carboxylic acids is 1. The van der Waals surface area contributed by atoms with Gasteiger partial charge in [-0.15, -0.1) is 0 Å². The molecule has 0 aliphatic heterocycles. The van der Waals surface area contributed by atoms with E-state index in [1.165, 1.54) is 25.7 Å². The minimum atomic E-state index is -0.0931. The monoisotopic (exact) mass is 415 g/mol. The highest BCUT2D eigenvalue weighted by Gasteiger charge is 2.18. The first-order chi connectivity index (χ1) is 15.2. The molecule has 160 valence electrons. The van der Waals surface area contributed by atoms with E-state index in [1.807, 2.05) is 59.4 Å². The Morgan fingerprint density at radius 3 is 2.74 bits per heavy atom. The highest BCUT2D eigenvalue weighted by Crippen LogP contribution is 2.24. The van der Waals surface area contributed by atoms with Gasteiger partial charge in [-0.05, 0) is 50.2 Å². The van der Waals surface area contributed by atoms with E-state index in [2.05, 4.69) is 22.2 Å². The minimum Gasteiger partial charge on any atom is -0.351 e. The second-order valence-corrected chi connectivity index (χ2v) is 8.00. The minimum absolute atomic E-state index is 0.0931. The zero-order valence-corrected chi connectivity index (χ0v) is 17.9. The molecular formula is C25H29N5O. The lowest BCUT2D eigenvalue weighted by Crippen LogP contribution is -2.36. The van der Waals surface area contributed by atoms with Crippen molar-refractivity contribution < 1.29 is 4.79 Å². The van der Waals surface area contributed by atoms with Crippen molar-refractivity contribution >= 4 is 12.0 Å². The molecule has 2 heterocycles. The molecule has 6 nitrogen and oxygen atoms in total. The average molecular weight is 416 g/mol. The Morgan fingerprint density at radius 1 is 1.19 bits per heavy atom. The van der Waals surface area contributed by atoms with Crippen molar-refractivity contribution in [3.05, 3.63) is 72.7 Å². The van der Waals surface area contributed by atoms with Crippen LogP contribution < -0.4 is 5.32 Å². The van der Waals surface area contributed by atoms with Crippen molar-refractivity contribution in [3.8, 4) is 16.9 Å². The van der Waals surface area contributed by atoms with E-state index in [4.69, 9.17) is 5.10 Å². The topological polar surface area (TPSA) is 63.1 Å². The van der Waals surface area contributed by atoms with E-state index in [0.29, 0.717) is 12.6 Å². The summed E-state index contributed by atoms with van der Waals surface area (Å²) in [6.07, 6.45) is 14.1. The molecule has 1 aromatic carbocycles. The van der Waals surface area contributed by atoms with Gasteiger partial charge in [0.2, 0.25) is 5.91 Å². The molecule has 2 aromatic heterocycles. The maximum Gasteiger partial charge on any atom is 0.244 e. The van der Waals surface area contributed by atoms with E-state index in [0.717, 1.165) is 29.1 Å². The molecule has 1 fully saturated rings. The number of pyridine rings is 1. The summed E-state index contributed by atoms with van der Waals surface area (Å²) in [6.45, 7) is 1.52. The molecular weight excluding hydrogens is 386 g/mol. The number of likely N-dealkylation sites (N-methyl/N-ethyl adjacent to an activating group) is 1. The van der Waals surface area contributed by atoms with E-state index in [1.54, 1.807) is 18.5 Å². The molecule has 0 radical (unpaired) electrons. The van der Waals surface area contributed by atoms with Crippen molar-refractivity contribution in [2.75, 3.05) is 20.1 Å². The molecule has 1 saturated carbocycles. The van der Waals surface area contributed by atoms with Crippen LogP contribution >= 0.6 is 0 Å². The summed E-state index contributed by atoms with van der Waals surface area (Å²) >= 11 is 0. The Kier molecular flexibility index (Phi) is 6.89. The highest BCUT2D eigenvalue weighted by molar-refractivity contribution is 5.92. The molecule has 0 atom stereocenters. The van der Waals surface area contributed by atoms with Crippen LogP contribution in [0.1, 0.15) is 31.2 Å². The van der Waals surface area contributed by atoms with Gasteiger partial charge in [-0.2, -0.15) is 5.10 Å². The number of para-hydroxylation sites is 1. The maximum atomic E-state index is 12.4. The first kappa shape index (κ1) is 21.0. The summed E-state index contributed by atoms with van der Waals surface area (Å²) in [5.74, 6) is -0.0931. The third-order valence-corrected chi connectivity index (χ3v) is 5.82. The first-order valence-corrected chi connectivity index (χ1v) is 10.9. The molecule has 3 aromatic rings. The van der Waals surface area contributed by atoms with E-state index in [-0.39, 0.29) is 5.91 Å². The molecule has 0 unspecified atom stereocenters. The zero-order chi connectivity index (χ0) is 21.5. The number of nitrogens with zero attached hydrogens (tertiary/aromatic N) is 4. The molecule has 31 heavy (non-hydrogen) atoms. The standard InChI is InChI=1S/C25H29N5O/c1-29(22-9-5-6-10-22)17-16-27-24(31)14-13-21-19-30(23-11-3-2-4-12-23)28-25(21)20-8-7-15-26-18-20/h2-4,7-8,11-15,18-19,22H,5-6,9-10,16-17H2,1H3,(H,27,31). The van der Waals surface area contributed by atoms with Crippen molar-refractivity contribution in [1.29, 1.82) is 0 Å². The number of rotatable bonds is 8. The lowest BCUT2D eigenvalue weighted by atomic mass is 10.1. The van der Waals surface area contributed by atoms with E-state index in [9.17, 15) is 4.79 Å². The number of carbonyl (C=O) groups is 1. The molecule has 1 amide bonds. The SMILES string of the molecule is CN(CCNC(=O)C=Cc1cn(-c2ccccc2)nc1-c1cccnc1)C1CCCC1. The Labute approximate surface area is 183 Å². The zero-order valence-electron chi connectivity index (χ0n) is 17.9. The summed E-state index contributed by atoms with van der Waals surface area (Å²) in [4.78, 5) is 19.0. The van der Waals surface area contributed by atoms with Gasteiger partial charge in [-0.3, -0.25) is 9.78 Å². The molecule has 0 spiro atoms. The van der Waals surface area contributed by atoms with Crippen LogP contribution in [0, 0.1) is 0 Å². The van der Waals surface area contributed by atoms with Gasteiger partial charge in [-0.25, -0.2) is 4.68 Å². The predicted octanol–water partition coefficient (Wildman–Crippen LogP) is 3.94. The van der Waals surface area contributed by atoms with Crippen LogP contribution in [0.25, 0.3) is 23.0 Å². The van der Waals surface area contributed by atoms with Gasteiger partial charge >= 0.3 is 0 Å². The summed E-state index contributed by atoms with van der Waals surface area (Å²) in [5.41, 5.74) is 3.54. The molecule has 1 aliphatic rings. The molecule has 1 aliphatic carbocycles. The summed E-state index contributed by atoms with van der Waals surface area (Å²) in [7, 11) is 2.15. The van der Waals surface area contributed by atoms with Crippen molar-refractivity contribution in [2.24, 2.45) is 0 Å². The van der Waals surface area contributed by atoms with Crippen LogP contribution in [0.4, 0.5) is 0 Å². The second-order valence-electron chi connectivity index (χ2n) is 8.00. The normalized spacial score (nSPS) is 14.5. The van der Waals surface area contributed by atoms with Gasteiger partial charge in [0.1, 0.15) is 5.69 Å². The Bertz CT molecular complexity index is 1010. The van der Waals surface area contributed by atoms with Gasteiger partial charge in [0.05, 0.1) is 5.69 Å². The molecule has 6 heteroatoms. The van der Waals surface area contributed by atoms with Crippen LogP contribution in [-0.4, -0.2) is 51.8 Å². The number of hydrogen-bond acceptors (Lipinski definition) is 4. The summed E-state index contributed by atoms with van der Waals surface area (Å²) < 4.78 is 1.83. The van der Waals surface area contributed by atoms with Gasteiger partial charge in [0.15, 0.2) is 0 Å². The smallest absolute Gasteiger partial charge is 0.244 e. The third-order valence-electron chi connectivity index (χ3n) is 5.82. The fraction of sp³-hybridized carbons (Fsp3) is 0.320. The molecule has 1 N–H and O–H groups in total. The van der Waals surface area contributed by atoms with E-state index >= 15 is 0 Å². The fourth-order valence-corrected chi connectivity index (χ4v) is 4.06. The van der Waals surface area contributed by atoms with Crippen molar-refractivity contribution in [1.82, 2.24) is 25.0 Å². The van der Waals surface area contributed by atoms with Crippen LogP contribution in [0.2, 0.25) is 0 Å². The quantitative estimate of drug-likeness (QED) is 0.566. The predicted molar refractivity (Wildman–Crippen MR) is 124 cm³/mol. The largest absolute Gasteiger partial charge is 0.351 e. The van der Waals surface area contributed by atoms with Gasteiger partial charge in [0.25, 0.3) is 0 Å². The number of benzene rings is 1. The Balaban J connectivity index is 1.44.